The SMILES string of the molecule is N#Cc1cccc(Cn2c(=S)[nH]c3cc(Cl)c(Cl)cc32)c1. The van der Waals surface area contributed by atoms with E-state index in [1.807, 2.05) is 22.8 Å². The molecule has 0 fully saturated rings. The van der Waals surface area contributed by atoms with Crippen LogP contribution in [0.4, 0.5) is 0 Å². The number of hydrogen-bond acceptors (Lipinski definition) is 2. The molecule has 0 bridgehead atoms. The van der Waals surface area contributed by atoms with Crippen molar-refractivity contribution in [3.63, 3.8) is 0 Å². The van der Waals surface area contributed by atoms with Crippen molar-refractivity contribution >= 4 is 46.5 Å². The second-order valence-electron chi connectivity index (χ2n) is 4.61. The maximum atomic E-state index is 8.97. The van der Waals surface area contributed by atoms with Gasteiger partial charge in [0.25, 0.3) is 0 Å². The Balaban J connectivity index is 2.12. The third kappa shape index (κ3) is 2.68. The number of aromatic nitrogens is 2. The summed E-state index contributed by atoms with van der Waals surface area (Å²) < 4.78 is 2.52. The Morgan fingerprint density at radius 2 is 1.95 bits per heavy atom. The molecule has 6 heteroatoms. The van der Waals surface area contributed by atoms with Crippen LogP contribution in [0, 0.1) is 16.1 Å². The van der Waals surface area contributed by atoms with Crippen LogP contribution in [0.5, 0.6) is 0 Å². The number of nitrogens with one attached hydrogen (secondary N) is 1. The van der Waals surface area contributed by atoms with E-state index in [2.05, 4.69) is 11.1 Å². The van der Waals surface area contributed by atoms with Crippen LogP contribution in [0.25, 0.3) is 11.0 Å². The van der Waals surface area contributed by atoms with Crippen molar-refractivity contribution in [2.24, 2.45) is 0 Å². The molecule has 1 N–H and O–H groups in total. The zero-order valence-electron chi connectivity index (χ0n) is 10.7. The van der Waals surface area contributed by atoms with Crippen LogP contribution in [0.1, 0.15) is 11.1 Å². The summed E-state index contributed by atoms with van der Waals surface area (Å²) in [5.41, 5.74) is 3.35. The molecular weight excluding hydrogens is 325 g/mol. The number of imidazole rings is 1. The lowest BCUT2D eigenvalue weighted by atomic mass is 10.1. The third-order valence-electron chi connectivity index (χ3n) is 3.21. The van der Waals surface area contributed by atoms with E-state index in [1.54, 1.807) is 18.2 Å². The molecule has 0 aliphatic heterocycles. The first-order valence-corrected chi connectivity index (χ1v) is 7.31. The number of rotatable bonds is 2. The predicted molar refractivity (Wildman–Crippen MR) is 87.4 cm³/mol. The Morgan fingerprint density at radius 3 is 2.71 bits per heavy atom. The Hall–Kier alpha value is -1.80. The van der Waals surface area contributed by atoms with E-state index in [1.165, 1.54) is 0 Å². The summed E-state index contributed by atoms with van der Waals surface area (Å²) in [5.74, 6) is 0. The average Bonchev–Trinajstić information content (AvgIpc) is 2.76. The maximum Gasteiger partial charge on any atom is 0.178 e. The van der Waals surface area contributed by atoms with E-state index < -0.39 is 0 Å². The van der Waals surface area contributed by atoms with E-state index in [0.29, 0.717) is 26.9 Å². The zero-order chi connectivity index (χ0) is 15.0. The predicted octanol–water partition coefficient (Wildman–Crippen LogP) is 4.93. The first kappa shape index (κ1) is 14.2. The summed E-state index contributed by atoms with van der Waals surface area (Å²) in [6, 6.07) is 13.1. The summed E-state index contributed by atoms with van der Waals surface area (Å²) >= 11 is 17.5. The van der Waals surface area contributed by atoms with Gasteiger partial charge in [0.05, 0.1) is 39.3 Å². The van der Waals surface area contributed by atoms with E-state index in [0.717, 1.165) is 16.6 Å². The highest BCUT2D eigenvalue weighted by Gasteiger charge is 2.09. The highest BCUT2D eigenvalue weighted by molar-refractivity contribution is 7.71. The number of halogens is 2. The molecule has 0 amide bonds. The molecular formula is C15H9Cl2N3S. The van der Waals surface area contributed by atoms with Gasteiger partial charge < -0.3 is 9.55 Å². The molecule has 0 radical (unpaired) electrons. The van der Waals surface area contributed by atoms with Crippen molar-refractivity contribution in [3.8, 4) is 6.07 Å². The van der Waals surface area contributed by atoms with Gasteiger partial charge in [0.1, 0.15) is 0 Å². The highest BCUT2D eigenvalue weighted by Crippen LogP contribution is 2.28. The molecule has 3 rings (SSSR count). The molecule has 1 heterocycles. The van der Waals surface area contributed by atoms with Crippen LogP contribution in [0.2, 0.25) is 10.0 Å². The molecule has 3 nitrogen and oxygen atoms in total. The molecule has 0 saturated heterocycles. The largest absolute Gasteiger partial charge is 0.331 e. The van der Waals surface area contributed by atoms with Crippen molar-refractivity contribution in [1.29, 1.82) is 5.26 Å². The number of nitriles is 1. The minimum absolute atomic E-state index is 0.484. The monoisotopic (exact) mass is 333 g/mol. The first-order valence-electron chi connectivity index (χ1n) is 6.15. The molecule has 0 spiro atoms. The Morgan fingerprint density at radius 1 is 1.19 bits per heavy atom. The summed E-state index contributed by atoms with van der Waals surface area (Å²) in [7, 11) is 0. The van der Waals surface area contributed by atoms with Crippen LogP contribution in [0.15, 0.2) is 36.4 Å². The topological polar surface area (TPSA) is 44.5 Å². The number of H-pyrrole nitrogens is 1. The van der Waals surface area contributed by atoms with E-state index >= 15 is 0 Å². The van der Waals surface area contributed by atoms with E-state index in [-0.39, 0.29) is 0 Å². The van der Waals surface area contributed by atoms with Crippen LogP contribution in [-0.4, -0.2) is 9.55 Å². The lowest BCUT2D eigenvalue weighted by molar-refractivity contribution is 0.810. The van der Waals surface area contributed by atoms with Crippen molar-refractivity contribution in [3.05, 3.63) is 62.3 Å². The smallest absolute Gasteiger partial charge is 0.178 e. The zero-order valence-corrected chi connectivity index (χ0v) is 13.1. The Kier molecular flexibility index (Phi) is 3.73. The summed E-state index contributed by atoms with van der Waals surface area (Å²) in [5, 5.41) is 9.93. The summed E-state index contributed by atoms with van der Waals surface area (Å²) in [4.78, 5) is 3.11. The molecule has 0 saturated carbocycles. The standard InChI is InChI=1S/C15H9Cl2N3S/c16-11-5-13-14(6-12(11)17)20(15(21)19-13)8-10-3-1-2-9(4-10)7-18/h1-6H,8H2,(H,19,21). The first-order chi connectivity index (χ1) is 10.1. The molecule has 21 heavy (non-hydrogen) atoms. The van der Waals surface area contributed by atoms with Crippen LogP contribution >= 0.6 is 35.4 Å². The molecule has 0 aliphatic carbocycles. The van der Waals surface area contributed by atoms with Gasteiger partial charge in [-0.3, -0.25) is 0 Å². The van der Waals surface area contributed by atoms with Crippen LogP contribution in [0.3, 0.4) is 0 Å². The number of fused-ring (bicyclic) bond motifs is 1. The molecule has 3 aromatic rings. The van der Waals surface area contributed by atoms with Crippen LogP contribution in [-0.2, 0) is 6.54 Å². The second-order valence-corrected chi connectivity index (χ2v) is 5.81. The Bertz CT molecular complexity index is 934. The molecule has 0 aliphatic rings. The van der Waals surface area contributed by atoms with Gasteiger partial charge in [0, 0.05) is 0 Å². The molecule has 0 unspecified atom stereocenters. The van der Waals surface area contributed by atoms with Gasteiger partial charge in [0.2, 0.25) is 0 Å². The lowest BCUT2D eigenvalue weighted by Gasteiger charge is -2.06. The number of hydrogen-bond donors (Lipinski definition) is 1. The number of nitrogens with zero attached hydrogens (tertiary/aromatic N) is 2. The summed E-state index contributed by atoms with van der Waals surface area (Å²) in [6.07, 6.45) is 0. The van der Waals surface area contributed by atoms with Crippen molar-refractivity contribution in [1.82, 2.24) is 9.55 Å². The van der Waals surface area contributed by atoms with Gasteiger partial charge in [-0.05, 0) is 42.0 Å². The molecule has 1 aromatic heterocycles. The van der Waals surface area contributed by atoms with Gasteiger partial charge in [-0.25, -0.2) is 0 Å². The normalized spacial score (nSPS) is 10.7. The summed E-state index contributed by atoms with van der Waals surface area (Å²) in [6.45, 7) is 0.562. The molecule has 0 atom stereocenters. The highest BCUT2D eigenvalue weighted by atomic mass is 35.5. The minimum atomic E-state index is 0.484. The molecule has 104 valence electrons. The Labute approximate surface area is 136 Å². The van der Waals surface area contributed by atoms with Crippen LogP contribution < -0.4 is 0 Å². The van der Waals surface area contributed by atoms with Gasteiger partial charge in [-0.15, -0.1) is 0 Å². The van der Waals surface area contributed by atoms with Crippen molar-refractivity contribution in [2.75, 3.05) is 0 Å². The molecule has 2 aromatic carbocycles. The minimum Gasteiger partial charge on any atom is -0.331 e. The second kappa shape index (κ2) is 5.53. The van der Waals surface area contributed by atoms with E-state index in [9.17, 15) is 0 Å². The van der Waals surface area contributed by atoms with Crippen molar-refractivity contribution < 1.29 is 0 Å². The van der Waals surface area contributed by atoms with Gasteiger partial charge in [0.15, 0.2) is 4.77 Å². The maximum absolute atomic E-state index is 8.97. The van der Waals surface area contributed by atoms with Crippen molar-refractivity contribution in [2.45, 2.75) is 6.54 Å². The lowest BCUT2D eigenvalue weighted by Crippen LogP contribution is -2.00. The third-order valence-corrected chi connectivity index (χ3v) is 4.26. The fourth-order valence-corrected chi connectivity index (χ4v) is 2.83. The van der Waals surface area contributed by atoms with Gasteiger partial charge in [-0.1, -0.05) is 35.3 Å². The fourth-order valence-electron chi connectivity index (χ4n) is 2.23. The number of benzene rings is 2. The van der Waals surface area contributed by atoms with Gasteiger partial charge in [-0.2, -0.15) is 5.26 Å². The number of aromatic amines is 1. The quantitative estimate of drug-likeness (QED) is 0.676. The average molecular weight is 334 g/mol. The van der Waals surface area contributed by atoms with Gasteiger partial charge >= 0.3 is 0 Å². The van der Waals surface area contributed by atoms with E-state index in [4.69, 9.17) is 40.7 Å². The fraction of sp³-hybridized carbons (Fsp3) is 0.0667.